The van der Waals surface area contributed by atoms with Gasteiger partial charge >= 0.3 is 0 Å². The summed E-state index contributed by atoms with van der Waals surface area (Å²) in [7, 11) is 0. The Morgan fingerprint density at radius 2 is 2.09 bits per heavy atom. The second-order valence-corrected chi connectivity index (χ2v) is 5.79. The van der Waals surface area contributed by atoms with Crippen LogP contribution >= 0.6 is 0 Å². The number of hydrogen-bond acceptors (Lipinski definition) is 3. The van der Waals surface area contributed by atoms with E-state index in [4.69, 9.17) is 5.10 Å². The van der Waals surface area contributed by atoms with Crippen molar-refractivity contribution >= 4 is 11.3 Å². The molecule has 0 fully saturated rings. The van der Waals surface area contributed by atoms with Crippen molar-refractivity contribution < 1.29 is 4.79 Å². The summed E-state index contributed by atoms with van der Waals surface area (Å²) in [6.07, 6.45) is 2.09. The standard InChI is InChI=1S/C19H15N3O/c1-2-14-6-8-16-18(13-5-3-4-12(10-13)11-20)19-15(21-22(14)16)7-9-17(19)23/h3-6,8,10H,2,7,9H2,1H3. The summed E-state index contributed by atoms with van der Waals surface area (Å²) >= 11 is 0. The fourth-order valence-corrected chi connectivity index (χ4v) is 3.36. The fraction of sp³-hybridized carbons (Fsp3) is 0.211. The van der Waals surface area contributed by atoms with Gasteiger partial charge in [-0.15, -0.1) is 0 Å². The number of ketones is 1. The van der Waals surface area contributed by atoms with Crippen molar-refractivity contribution in [3.63, 3.8) is 0 Å². The first-order valence-corrected chi connectivity index (χ1v) is 7.80. The predicted octanol–water partition coefficient (Wildman–Crippen LogP) is 3.56. The van der Waals surface area contributed by atoms with Gasteiger partial charge < -0.3 is 0 Å². The molecule has 112 valence electrons. The van der Waals surface area contributed by atoms with Gasteiger partial charge in [-0.1, -0.05) is 19.1 Å². The smallest absolute Gasteiger partial charge is 0.165 e. The third-order valence-electron chi connectivity index (χ3n) is 4.46. The van der Waals surface area contributed by atoms with Crippen LogP contribution < -0.4 is 0 Å². The van der Waals surface area contributed by atoms with E-state index in [9.17, 15) is 10.1 Å². The normalized spacial score (nSPS) is 13.3. The Morgan fingerprint density at radius 1 is 1.22 bits per heavy atom. The summed E-state index contributed by atoms with van der Waals surface area (Å²) in [6.45, 7) is 2.10. The lowest BCUT2D eigenvalue weighted by Crippen LogP contribution is -2.06. The largest absolute Gasteiger partial charge is 0.294 e. The maximum absolute atomic E-state index is 12.4. The molecular formula is C19H15N3O. The highest BCUT2D eigenvalue weighted by Crippen LogP contribution is 2.35. The van der Waals surface area contributed by atoms with Gasteiger partial charge in [0.15, 0.2) is 5.78 Å². The zero-order valence-corrected chi connectivity index (χ0v) is 12.8. The Hall–Kier alpha value is -2.93. The predicted molar refractivity (Wildman–Crippen MR) is 87.4 cm³/mol. The zero-order chi connectivity index (χ0) is 16.0. The third-order valence-corrected chi connectivity index (χ3v) is 4.46. The molecule has 0 radical (unpaired) electrons. The summed E-state index contributed by atoms with van der Waals surface area (Å²) in [6, 6.07) is 13.7. The number of nitriles is 1. The average Bonchev–Trinajstić information content (AvgIpc) is 3.16. The minimum absolute atomic E-state index is 0.145. The SMILES string of the molecule is CCc1ccc2c(-c3cccc(C#N)c3)c3c(nn12)CCC3=O. The highest BCUT2D eigenvalue weighted by molar-refractivity contribution is 6.08. The van der Waals surface area contributed by atoms with Crippen LogP contribution in [0.2, 0.25) is 0 Å². The molecule has 4 heteroatoms. The molecule has 4 rings (SSSR count). The van der Waals surface area contributed by atoms with Crippen molar-refractivity contribution in [1.29, 1.82) is 5.26 Å². The van der Waals surface area contributed by atoms with Gasteiger partial charge in [0.1, 0.15) is 0 Å². The lowest BCUT2D eigenvalue weighted by Gasteiger charge is -2.12. The van der Waals surface area contributed by atoms with Gasteiger partial charge in [-0.3, -0.25) is 4.79 Å². The first-order valence-electron chi connectivity index (χ1n) is 7.80. The maximum Gasteiger partial charge on any atom is 0.165 e. The molecule has 0 spiro atoms. The molecule has 0 N–H and O–H groups in total. The Bertz CT molecular complexity index is 992. The van der Waals surface area contributed by atoms with Crippen LogP contribution in [0.3, 0.4) is 0 Å². The second kappa shape index (κ2) is 5.06. The molecule has 2 heterocycles. The first-order chi connectivity index (χ1) is 11.2. The van der Waals surface area contributed by atoms with E-state index >= 15 is 0 Å². The summed E-state index contributed by atoms with van der Waals surface area (Å²) in [5.74, 6) is 0.145. The third kappa shape index (κ3) is 1.97. The van der Waals surface area contributed by atoms with Gasteiger partial charge in [-0.2, -0.15) is 10.4 Å². The van der Waals surface area contributed by atoms with Gasteiger partial charge in [-0.05, 0) is 42.7 Å². The molecule has 0 bridgehead atoms. The van der Waals surface area contributed by atoms with Crippen LogP contribution in [0.15, 0.2) is 36.4 Å². The molecule has 0 aliphatic heterocycles. The minimum atomic E-state index is 0.145. The molecule has 1 aliphatic rings. The van der Waals surface area contributed by atoms with E-state index in [1.165, 1.54) is 0 Å². The summed E-state index contributed by atoms with van der Waals surface area (Å²) in [5.41, 5.74) is 6.07. The summed E-state index contributed by atoms with van der Waals surface area (Å²) < 4.78 is 1.95. The fourth-order valence-electron chi connectivity index (χ4n) is 3.36. The Balaban J connectivity index is 2.12. The van der Waals surface area contributed by atoms with Gasteiger partial charge in [0, 0.05) is 17.7 Å². The van der Waals surface area contributed by atoms with Gasteiger partial charge in [0.2, 0.25) is 0 Å². The lowest BCUT2D eigenvalue weighted by molar-refractivity contribution is 0.0995. The van der Waals surface area contributed by atoms with Crippen LogP contribution in [0.4, 0.5) is 0 Å². The summed E-state index contributed by atoms with van der Waals surface area (Å²) in [4.78, 5) is 12.4. The number of rotatable bonds is 2. The molecule has 0 atom stereocenters. The zero-order valence-electron chi connectivity index (χ0n) is 12.8. The van der Waals surface area contributed by atoms with Gasteiger partial charge in [-0.25, -0.2) is 4.52 Å². The molecule has 0 saturated carbocycles. The van der Waals surface area contributed by atoms with Crippen LogP contribution in [-0.2, 0) is 12.8 Å². The van der Waals surface area contributed by atoms with Crippen LogP contribution in [-0.4, -0.2) is 15.4 Å². The molecule has 0 amide bonds. The monoisotopic (exact) mass is 301 g/mol. The molecule has 4 nitrogen and oxygen atoms in total. The van der Waals surface area contributed by atoms with Crippen molar-refractivity contribution in [3.8, 4) is 17.2 Å². The minimum Gasteiger partial charge on any atom is -0.294 e. The van der Waals surface area contributed by atoms with Crippen molar-refractivity contribution in [3.05, 3.63) is 58.9 Å². The Kier molecular flexibility index (Phi) is 3.02. The number of nitrogens with zero attached hydrogens (tertiary/aromatic N) is 3. The Labute approximate surface area is 134 Å². The van der Waals surface area contributed by atoms with Crippen molar-refractivity contribution in [2.75, 3.05) is 0 Å². The van der Waals surface area contributed by atoms with Crippen LogP contribution in [0, 0.1) is 11.3 Å². The topological polar surface area (TPSA) is 58.2 Å². The van der Waals surface area contributed by atoms with Gasteiger partial charge in [0.25, 0.3) is 0 Å². The number of Topliss-reactive ketones (excluding diaryl/α,β-unsaturated/α-hetero) is 1. The van der Waals surface area contributed by atoms with Crippen LogP contribution in [0.5, 0.6) is 0 Å². The van der Waals surface area contributed by atoms with E-state index in [0.29, 0.717) is 18.4 Å². The number of benzene rings is 1. The second-order valence-electron chi connectivity index (χ2n) is 5.79. The number of aromatic nitrogens is 2. The van der Waals surface area contributed by atoms with E-state index in [2.05, 4.69) is 19.1 Å². The number of carbonyl (C=O) groups excluding carboxylic acids is 1. The molecule has 23 heavy (non-hydrogen) atoms. The number of fused-ring (bicyclic) bond motifs is 2. The molecule has 2 aromatic heterocycles. The molecular weight excluding hydrogens is 286 g/mol. The molecule has 1 aliphatic carbocycles. The summed E-state index contributed by atoms with van der Waals surface area (Å²) in [5, 5.41) is 13.9. The first kappa shape index (κ1) is 13.7. The maximum atomic E-state index is 12.4. The van der Waals surface area contributed by atoms with E-state index in [-0.39, 0.29) is 5.78 Å². The quantitative estimate of drug-likeness (QED) is 0.727. The van der Waals surface area contributed by atoms with E-state index < -0.39 is 0 Å². The highest BCUT2D eigenvalue weighted by atomic mass is 16.1. The molecule has 1 aromatic carbocycles. The van der Waals surface area contributed by atoms with E-state index in [1.807, 2.05) is 28.8 Å². The van der Waals surface area contributed by atoms with Crippen LogP contribution in [0.25, 0.3) is 16.6 Å². The lowest BCUT2D eigenvalue weighted by atomic mass is 9.97. The van der Waals surface area contributed by atoms with Crippen molar-refractivity contribution in [2.24, 2.45) is 0 Å². The highest BCUT2D eigenvalue weighted by Gasteiger charge is 2.28. The Morgan fingerprint density at radius 3 is 2.87 bits per heavy atom. The van der Waals surface area contributed by atoms with Crippen molar-refractivity contribution in [2.45, 2.75) is 26.2 Å². The number of hydrogen-bond donors (Lipinski definition) is 0. The molecule has 0 saturated heterocycles. The number of carbonyl (C=O) groups is 1. The molecule has 0 unspecified atom stereocenters. The molecule has 3 aromatic rings. The van der Waals surface area contributed by atoms with Crippen LogP contribution in [0.1, 0.15) is 40.7 Å². The van der Waals surface area contributed by atoms with Crippen molar-refractivity contribution in [1.82, 2.24) is 9.61 Å². The number of aryl methyl sites for hydroxylation is 2. The van der Waals surface area contributed by atoms with Gasteiger partial charge in [0.05, 0.1) is 28.4 Å². The van der Waals surface area contributed by atoms with E-state index in [1.54, 1.807) is 6.07 Å². The van der Waals surface area contributed by atoms with E-state index in [0.717, 1.165) is 40.0 Å². The average molecular weight is 301 g/mol.